The molecule has 4 heteroatoms. The Morgan fingerprint density at radius 1 is 1.12 bits per heavy atom. The van der Waals surface area contributed by atoms with Crippen LogP contribution in [0.2, 0.25) is 0 Å². The Labute approximate surface area is 142 Å². The van der Waals surface area contributed by atoms with Crippen LogP contribution in [0.15, 0.2) is 48.5 Å². The number of hydrogen-bond acceptors (Lipinski definition) is 3. The molecule has 2 aromatic rings. The third-order valence-corrected chi connectivity index (χ3v) is 3.97. The second kappa shape index (κ2) is 9.08. The lowest BCUT2D eigenvalue weighted by atomic mass is 10.0. The number of unbranched alkanes of at least 4 members (excludes halogenated alkanes) is 2. The van der Waals surface area contributed by atoms with Gasteiger partial charge in [0.15, 0.2) is 0 Å². The van der Waals surface area contributed by atoms with Crippen molar-refractivity contribution in [1.82, 2.24) is 0 Å². The molecule has 128 valence electrons. The monoisotopic (exact) mass is 328 g/mol. The van der Waals surface area contributed by atoms with Crippen LogP contribution in [0, 0.1) is 0 Å². The molecule has 24 heavy (non-hydrogen) atoms. The zero-order chi connectivity index (χ0) is 17.4. The Bertz CT molecular complexity index is 666. The topological polar surface area (TPSA) is 66.8 Å². The summed E-state index contributed by atoms with van der Waals surface area (Å²) in [6, 6.07) is 14.2. The Morgan fingerprint density at radius 2 is 1.92 bits per heavy atom. The van der Waals surface area contributed by atoms with Gasteiger partial charge in [0, 0.05) is 5.56 Å². The van der Waals surface area contributed by atoms with Gasteiger partial charge in [-0.05, 0) is 30.2 Å². The summed E-state index contributed by atoms with van der Waals surface area (Å²) in [5, 5.41) is 19.4. The number of carboxylic acids is 1. The van der Waals surface area contributed by atoms with E-state index in [2.05, 4.69) is 6.92 Å². The van der Waals surface area contributed by atoms with Crippen LogP contribution >= 0.6 is 0 Å². The van der Waals surface area contributed by atoms with Crippen LogP contribution in [0.3, 0.4) is 0 Å². The SMILES string of the molecule is CCCCC[C@H](O)c1cccc(OCc2ccccc2C(=O)O)c1. The molecule has 2 N–H and O–H groups in total. The third kappa shape index (κ3) is 5.10. The van der Waals surface area contributed by atoms with E-state index in [0.717, 1.165) is 31.2 Å². The van der Waals surface area contributed by atoms with Crippen LogP contribution in [0.5, 0.6) is 5.75 Å². The maximum atomic E-state index is 11.2. The summed E-state index contributed by atoms with van der Waals surface area (Å²) in [5.41, 5.74) is 1.70. The van der Waals surface area contributed by atoms with Gasteiger partial charge in [-0.3, -0.25) is 0 Å². The van der Waals surface area contributed by atoms with Gasteiger partial charge >= 0.3 is 5.97 Å². The minimum atomic E-state index is -0.964. The maximum Gasteiger partial charge on any atom is 0.336 e. The lowest BCUT2D eigenvalue weighted by Gasteiger charge is -2.13. The van der Waals surface area contributed by atoms with Crippen LogP contribution in [0.1, 0.15) is 60.2 Å². The van der Waals surface area contributed by atoms with E-state index in [4.69, 9.17) is 4.74 Å². The minimum absolute atomic E-state index is 0.178. The molecule has 0 aliphatic carbocycles. The summed E-state index contributed by atoms with van der Waals surface area (Å²) in [6.45, 7) is 2.31. The number of carbonyl (C=O) groups is 1. The number of ether oxygens (including phenoxy) is 1. The van der Waals surface area contributed by atoms with E-state index in [1.54, 1.807) is 24.3 Å². The average molecular weight is 328 g/mol. The first kappa shape index (κ1) is 18.0. The van der Waals surface area contributed by atoms with E-state index >= 15 is 0 Å². The van der Waals surface area contributed by atoms with Crippen molar-refractivity contribution < 1.29 is 19.7 Å². The Hall–Kier alpha value is -2.33. The van der Waals surface area contributed by atoms with Gasteiger partial charge in [-0.15, -0.1) is 0 Å². The maximum absolute atomic E-state index is 11.2. The quantitative estimate of drug-likeness (QED) is 0.661. The second-order valence-corrected chi connectivity index (χ2v) is 5.84. The number of aliphatic hydroxyl groups is 1. The van der Waals surface area contributed by atoms with Crippen molar-refractivity contribution in [1.29, 1.82) is 0 Å². The van der Waals surface area contributed by atoms with Crippen molar-refractivity contribution in [3.05, 3.63) is 65.2 Å². The average Bonchev–Trinajstić information content (AvgIpc) is 2.60. The van der Waals surface area contributed by atoms with E-state index in [0.29, 0.717) is 11.3 Å². The molecular weight excluding hydrogens is 304 g/mol. The van der Waals surface area contributed by atoms with Crippen LogP contribution in [0.4, 0.5) is 0 Å². The Kier molecular flexibility index (Phi) is 6.82. The highest BCUT2D eigenvalue weighted by atomic mass is 16.5. The largest absolute Gasteiger partial charge is 0.489 e. The number of aromatic carboxylic acids is 1. The van der Waals surface area contributed by atoms with Gasteiger partial charge in [0.1, 0.15) is 12.4 Å². The highest BCUT2D eigenvalue weighted by Gasteiger charge is 2.11. The normalized spacial score (nSPS) is 11.9. The minimum Gasteiger partial charge on any atom is -0.489 e. The number of hydrogen-bond donors (Lipinski definition) is 2. The van der Waals surface area contributed by atoms with Gasteiger partial charge in [-0.2, -0.15) is 0 Å². The lowest BCUT2D eigenvalue weighted by Crippen LogP contribution is -2.05. The predicted octanol–water partition coefficient (Wildman–Crippen LogP) is 4.58. The fraction of sp³-hybridized carbons (Fsp3) is 0.350. The first-order chi connectivity index (χ1) is 11.6. The van der Waals surface area contributed by atoms with Crippen molar-refractivity contribution >= 4 is 5.97 Å². The number of benzene rings is 2. The molecule has 0 aromatic heterocycles. The molecule has 2 aromatic carbocycles. The van der Waals surface area contributed by atoms with E-state index in [-0.39, 0.29) is 12.2 Å². The molecule has 0 spiro atoms. The third-order valence-electron chi connectivity index (χ3n) is 3.97. The molecule has 0 fully saturated rings. The summed E-state index contributed by atoms with van der Waals surface area (Å²) in [4.78, 5) is 11.2. The molecule has 0 bridgehead atoms. The first-order valence-electron chi connectivity index (χ1n) is 8.34. The van der Waals surface area contributed by atoms with E-state index in [1.165, 1.54) is 0 Å². The molecule has 0 unspecified atom stereocenters. The van der Waals surface area contributed by atoms with Crippen molar-refractivity contribution in [3.8, 4) is 5.75 Å². The van der Waals surface area contributed by atoms with E-state index in [9.17, 15) is 15.0 Å². The highest BCUT2D eigenvalue weighted by Crippen LogP contribution is 2.24. The summed E-state index contributed by atoms with van der Waals surface area (Å²) >= 11 is 0. The number of carboxylic acid groups (broad SMARTS) is 1. The van der Waals surface area contributed by atoms with E-state index in [1.807, 2.05) is 24.3 Å². The van der Waals surface area contributed by atoms with Crippen molar-refractivity contribution in [2.24, 2.45) is 0 Å². The van der Waals surface area contributed by atoms with Crippen LogP contribution < -0.4 is 4.74 Å². The first-order valence-corrected chi connectivity index (χ1v) is 8.34. The highest BCUT2D eigenvalue weighted by molar-refractivity contribution is 5.89. The molecule has 1 atom stereocenters. The standard InChI is InChI=1S/C20H24O4/c1-2-3-4-12-19(21)15-9-7-10-17(13-15)24-14-16-8-5-6-11-18(16)20(22)23/h5-11,13,19,21H,2-4,12,14H2,1H3,(H,22,23)/t19-/m0/s1. The molecule has 4 nitrogen and oxygen atoms in total. The zero-order valence-corrected chi connectivity index (χ0v) is 13.9. The van der Waals surface area contributed by atoms with Gasteiger partial charge in [-0.1, -0.05) is 56.5 Å². The van der Waals surface area contributed by atoms with Crippen LogP contribution in [0.25, 0.3) is 0 Å². The molecule has 0 saturated carbocycles. The summed E-state index contributed by atoms with van der Waals surface area (Å²) < 4.78 is 5.72. The van der Waals surface area contributed by atoms with Gasteiger partial charge in [0.25, 0.3) is 0 Å². The second-order valence-electron chi connectivity index (χ2n) is 5.84. The molecule has 0 saturated heterocycles. The molecule has 0 heterocycles. The smallest absolute Gasteiger partial charge is 0.336 e. The van der Waals surface area contributed by atoms with E-state index < -0.39 is 12.1 Å². The fourth-order valence-corrected chi connectivity index (χ4v) is 2.58. The lowest BCUT2D eigenvalue weighted by molar-refractivity contribution is 0.0694. The van der Waals surface area contributed by atoms with Crippen molar-refractivity contribution in [2.75, 3.05) is 0 Å². The van der Waals surface area contributed by atoms with Crippen LogP contribution in [-0.2, 0) is 6.61 Å². The summed E-state index contributed by atoms with van der Waals surface area (Å²) in [5.74, 6) is -0.337. The predicted molar refractivity (Wildman–Crippen MR) is 93.3 cm³/mol. The van der Waals surface area contributed by atoms with Crippen LogP contribution in [-0.4, -0.2) is 16.2 Å². The molecule has 0 aliphatic heterocycles. The Balaban J connectivity index is 2.01. The van der Waals surface area contributed by atoms with Gasteiger partial charge in [0.05, 0.1) is 11.7 Å². The summed E-state index contributed by atoms with van der Waals surface area (Å²) in [6.07, 6.45) is 3.47. The Morgan fingerprint density at radius 3 is 2.67 bits per heavy atom. The van der Waals surface area contributed by atoms with Gasteiger partial charge in [-0.25, -0.2) is 4.79 Å². The molecular formula is C20H24O4. The molecule has 0 aliphatic rings. The van der Waals surface area contributed by atoms with Gasteiger partial charge in [0.2, 0.25) is 0 Å². The fourth-order valence-electron chi connectivity index (χ4n) is 2.58. The molecule has 0 radical (unpaired) electrons. The summed E-state index contributed by atoms with van der Waals surface area (Å²) in [7, 11) is 0. The molecule has 0 amide bonds. The molecule has 2 rings (SSSR count). The van der Waals surface area contributed by atoms with Crippen molar-refractivity contribution in [3.63, 3.8) is 0 Å². The number of rotatable bonds is 9. The number of aliphatic hydroxyl groups excluding tert-OH is 1. The zero-order valence-electron chi connectivity index (χ0n) is 13.9. The van der Waals surface area contributed by atoms with Crippen molar-refractivity contribution in [2.45, 2.75) is 45.3 Å². The van der Waals surface area contributed by atoms with Gasteiger partial charge < -0.3 is 14.9 Å².